The van der Waals surface area contributed by atoms with Crippen LogP contribution in [0.5, 0.6) is 0 Å². The molecule has 1 atom stereocenters. The van der Waals surface area contributed by atoms with Crippen LogP contribution in [-0.4, -0.2) is 58.3 Å². The number of nitrogens with one attached hydrogen (secondary N) is 1. The van der Waals surface area contributed by atoms with E-state index in [9.17, 15) is 14.9 Å². The summed E-state index contributed by atoms with van der Waals surface area (Å²) in [6.45, 7) is 5.42. The van der Waals surface area contributed by atoms with Crippen LogP contribution in [0.1, 0.15) is 55.5 Å². The van der Waals surface area contributed by atoms with Crippen molar-refractivity contribution in [3.05, 3.63) is 23.4 Å². The Morgan fingerprint density at radius 2 is 2.11 bits per heavy atom. The number of nitriles is 1. The lowest BCUT2D eigenvalue weighted by Gasteiger charge is -2.33. The second-order valence-corrected chi connectivity index (χ2v) is 9.04. The number of likely N-dealkylation sites (tertiary alicyclic amines) is 1. The van der Waals surface area contributed by atoms with Crippen LogP contribution in [0, 0.1) is 16.7 Å². The summed E-state index contributed by atoms with van der Waals surface area (Å²) in [6.07, 6.45) is 5.58. The summed E-state index contributed by atoms with van der Waals surface area (Å²) >= 11 is 0. The summed E-state index contributed by atoms with van der Waals surface area (Å²) in [7, 11) is 1.76. The number of pyridine rings is 1. The van der Waals surface area contributed by atoms with Gasteiger partial charge in [-0.2, -0.15) is 5.26 Å². The SMILES string of the molecule is CN(C(=O)C1(C#N)CC1)[C@H]1CCN(C(=O)c2cnc3c(c2)CCC(C)(C)N3)C1. The monoisotopic (exact) mass is 381 g/mol. The molecule has 3 heterocycles. The molecular weight excluding hydrogens is 354 g/mol. The van der Waals surface area contributed by atoms with Crippen molar-refractivity contribution in [2.45, 2.75) is 57.5 Å². The van der Waals surface area contributed by atoms with E-state index in [-0.39, 0.29) is 23.4 Å². The highest BCUT2D eigenvalue weighted by Crippen LogP contribution is 2.46. The Morgan fingerprint density at radius 3 is 2.79 bits per heavy atom. The molecular formula is C21H27N5O2. The molecule has 3 aliphatic rings. The molecule has 2 amide bonds. The number of hydrogen-bond donors (Lipinski definition) is 1. The fraction of sp³-hybridized carbons (Fsp3) is 0.619. The molecule has 148 valence electrons. The smallest absolute Gasteiger partial charge is 0.255 e. The van der Waals surface area contributed by atoms with Crippen molar-refractivity contribution in [2.75, 3.05) is 25.5 Å². The average molecular weight is 381 g/mol. The van der Waals surface area contributed by atoms with Gasteiger partial charge in [-0.05, 0) is 57.6 Å². The molecule has 0 bridgehead atoms. The lowest BCUT2D eigenvalue weighted by molar-refractivity contribution is -0.135. The molecule has 28 heavy (non-hydrogen) atoms. The molecule has 1 saturated carbocycles. The number of rotatable bonds is 3. The van der Waals surface area contributed by atoms with E-state index in [1.165, 1.54) is 0 Å². The normalized spacial score (nSPS) is 23.9. The maximum Gasteiger partial charge on any atom is 0.255 e. The Labute approximate surface area is 165 Å². The molecule has 7 heteroatoms. The maximum absolute atomic E-state index is 13.0. The second kappa shape index (κ2) is 6.47. The van der Waals surface area contributed by atoms with E-state index in [0.717, 1.165) is 30.6 Å². The lowest BCUT2D eigenvalue weighted by Crippen LogP contribution is -2.43. The van der Waals surface area contributed by atoms with Crippen LogP contribution in [0.25, 0.3) is 0 Å². The summed E-state index contributed by atoms with van der Waals surface area (Å²) in [5.41, 5.74) is 0.895. The first-order valence-corrected chi connectivity index (χ1v) is 10.00. The van der Waals surface area contributed by atoms with E-state index in [1.54, 1.807) is 23.0 Å². The predicted molar refractivity (Wildman–Crippen MR) is 105 cm³/mol. The minimum Gasteiger partial charge on any atom is -0.365 e. The van der Waals surface area contributed by atoms with Gasteiger partial charge in [-0.3, -0.25) is 9.59 Å². The van der Waals surface area contributed by atoms with Gasteiger partial charge in [0.1, 0.15) is 11.2 Å². The molecule has 1 N–H and O–H groups in total. The minimum absolute atomic E-state index is 0.0210. The zero-order valence-electron chi connectivity index (χ0n) is 16.8. The topological polar surface area (TPSA) is 89.3 Å². The predicted octanol–water partition coefficient (Wildman–Crippen LogP) is 2.19. The number of fused-ring (bicyclic) bond motifs is 1. The Kier molecular flexibility index (Phi) is 4.33. The number of carbonyl (C=O) groups excluding carboxylic acids is 2. The van der Waals surface area contributed by atoms with Gasteiger partial charge in [-0.1, -0.05) is 0 Å². The van der Waals surface area contributed by atoms with Crippen molar-refractivity contribution in [1.82, 2.24) is 14.8 Å². The van der Waals surface area contributed by atoms with Crippen molar-refractivity contribution >= 4 is 17.6 Å². The summed E-state index contributed by atoms with van der Waals surface area (Å²) in [5.74, 6) is 0.729. The quantitative estimate of drug-likeness (QED) is 0.867. The Bertz CT molecular complexity index is 868. The first-order chi connectivity index (χ1) is 13.2. The van der Waals surface area contributed by atoms with E-state index in [2.05, 4.69) is 30.2 Å². The van der Waals surface area contributed by atoms with Crippen LogP contribution in [0.4, 0.5) is 5.82 Å². The van der Waals surface area contributed by atoms with Crippen molar-refractivity contribution in [2.24, 2.45) is 5.41 Å². The Hall–Kier alpha value is -2.62. The van der Waals surface area contributed by atoms with Gasteiger partial charge in [-0.15, -0.1) is 0 Å². The van der Waals surface area contributed by atoms with Crippen LogP contribution >= 0.6 is 0 Å². The number of carbonyl (C=O) groups is 2. The van der Waals surface area contributed by atoms with Gasteiger partial charge in [0.2, 0.25) is 5.91 Å². The van der Waals surface area contributed by atoms with E-state index < -0.39 is 5.41 Å². The number of aromatic nitrogens is 1. The molecule has 2 aliphatic heterocycles. The van der Waals surface area contributed by atoms with Gasteiger partial charge >= 0.3 is 0 Å². The first-order valence-electron chi connectivity index (χ1n) is 10.00. The molecule has 0 unspecified atom stereocenters. The third kappa shape index (κ3) is 3.21. The van der Waals surface area contributed by atoms with Gasteiger partial charge in [0, 0.05) is 31.9 Å². The molecule has 1 saturated heterocycles. The Morgan fingerprint density at radius 1 is 1.36 bits per heavy atom. The number of likely N-dealkylation sites (N-methyl/N-ethyl adjacent to an activating group) is 1. The number of anilines is 1. The van der Waals surface area contributed by atoms with Crippen molar-refractivity contribution in [3.8, 4) is 6.07 Å². The second-order valence-electron chi connectivity index (χ2n) is 9.04. The number of hydrogen-bond acceptors (Lipinski definition) is 5. The molecule has 1 aliphatic carbocycles. The van der Waals surface area contributed by atoms with Gasteiger partial charge in [0.15, 0.2) is 0 Å². The van der Waals surface area contributed by atoms with Gasteiger partial charge < -0.3 is 15.1 Å². The first kappa shape index (κ1) is 18.7. The molecule has 0 spiro atoms. The molecule has 0 aromatic carbocycles. The fourth-order valence-electron chi connectivity index (χ4n) is 4.19. The highest BCUT2D eigenvalue weighted by atomic mass is 16.2. The van der Waals surface area contributed by atoms with Crippen LogP contribution in [0.15, 0.2) is 12.3 Å². The molecule has 1 aromatic heterocycles. The van der Waals surface area contributed by atoms with Gasteiger partial charge in [0.05, 0.1) is 17.7 Å². The largest absolute Gasteiger partial charge is 0.365 e. The summed E-state index contributed by atoms with van der Waals surface area (Å²) < 4.78 is 0. The van der Waals surface area contributed by atoms with Gasteiger partial charge in [-0.25, -0.2) is 4.98 Å². The molecule has 7 nitrogen and oxygen atoms in total. The van der Waals surface area contributed by atoms with Crippen molar-refractivity contribution in [1.29, 1.82) is 5.26 Å². The molecule has 4 rings (SSSR count). The van der Waals surface area contributed by atoms with Crippen LogP contribution in [-0.2, 0) is 11.2 Å². The maximum atomic E-state index is 13.0. The third-order valence-corrected chi connectivity index (χ3v) is 6.38. The molecule has 2 fully saturated rings. The third-order valence-electron chi connectivity index (χ3n) is 6.38. The molecule has 1 aromatic rings. The lowest BCUT2D eigenvalue weighted by atomic mass is 9.91. The van der Waals surface area contributed by atoms with Crippen LogP contribution < -0.4 is 5.32 Å². The average Bonchev–Trinajstić information content (AvgIpc) is 3.33. The van der Waals surface area contributed by atoms with Crippen LogP contribution in [0.3, 0.4) is 0 Å². The minimum atomic E-state index is -0.810. The highest BCUT2D eigenvalue weighted by Gasteiger charge is 2.53. The van der Waals surface area contributed by atoms with E-state index in [1.807, 2.05) is 6.07 Å². The van der Waals surface area contributed by atoms with E-state index in [0.29, 0.717) is 31.5 Å². The van der Waals surface area contributed by atoms with Crippen LogP contribution in [0.2, 0.25) is 0 Å². The Balaban J connectivity index is 1.43. The number of aryl methyl sites for hydroxylation is 1. The van der Waals surface area contributed by atoms with E-state index in [4.69, 9.17) is 0 Å². The molecule has 0 radical (unpaired) electrons. The fourth-order valence-corrected chi connectivity index (χ4v) is 4.19. The summed E-state index contributed by atoms with van der Waals surface area (Å²) in [6, 6.07) is 4.08. The zero-order valence-corrected chi connectivity index (χ0v) is 16.8. The number of amides is 2. The summed E-state index contributed by atoms with van der Waals surface area (Å²) in [4.78, 5) is 33.5. The van der Waals surface area contributed by atoms with Crippen molar-refractivity contribution < 1.29 is 9.59 Å². The highest BCUT2D eigenvalue weighted by molar-refractivity contribution is 5.95. The van der Waals surface area contributed by atoms with Crippen molar-refractivity contribution in [3.63, 3.8) is 0 Å². The van der Waals surface area contributed by atoms with Gasteiger partial charge in [0.25, 0.3) is 5.91 Å². The zero-order chi connectivity index (χ0) is 20.1. The number of nitrogens with zero attached hydrogens (tertiary/aromatic N) is 4. The standard InChI is InChI=1S/C21H27N5O2/c1-20(2)6-4-14-10-15(11-23-17(14)24-20)18(27)26-9-5-16(12-26)25(3)19(28)21(13-22)7-8-21/h10-11,16H,4-9,12H2,1-3H3,(H,23,24)/t16-/m0/s1. The summed E-state index contributed by atoms with van der Waals surface area (Å²) in [5, 5.41) is 12.7. The van der Waals surface area contributed by atoms with E-state index >= 15 is 0 Å².